The fourth-order valence-electron chi connectivity index (χ4n) is 0.904. The Kier molecular flexibility index (Phi) is 3.01. The topological polar surface area (TPSA) is 59.1 Å². The van der Waals surface area contributed by atoms with Crippen LogP contribution in [0.1, 0.15) is 11.4 Å². The lowest BCUT2D eigenvalue weighted by Gasteiger charge is -1.99. The first-order valence-corrected chi connectivity index (χ1v) is 3.62. The summed E-state index contributed by atoms with van der Waals surface area (Å²) in [7, 11) is 0. The summed E-state index contributed by atoms with van der Waals surface area (Å²) in [5.41, 5.74) is 7.00. The highest BCUT2D eigenvalue weighted by Crippen LogP contribution is 1.98. The Hall–Kier alpha value is -0.930. The van der Waals surface area contributed by atoms with Crippen LogP contribution >= 0.6 is 0 Å². The number of hydrogen-bond donors (Lipinski definition) is 2. The molecule has 0 atom stereocenters. The van der Waals surface area contributed by atoms with Crippen LogP contribution in [0.3, 0.4) is 0 Å². The summed E-state index contributed by atoms with van der Waals surface area (Å²) in [6.45, 7) is 0.598. The number of aliphatic hydroxyl groups excluding tert-OH is 1. The highest BCUT2D eigenvalue weighted by atomic mass is 16.3. The van der Waals surface area contributed by atoms with Gasteiger partial charge in [-0.1, -0.05) is 6.07 Å². The van der Waals surface area contributed by atoms with Gasteiger partial charge in [0.2, 0.25) is 0 Å². The van der Waals surface area contributed by atoms with Crippen molar-refractivity contribution in [3.8, 4) is 0 Å². The molecule has 0 amide bonds. The summed E-state index contributed by atoms with van der Waals surface area (Å²) < 4.78 is 0. The van der Waals surface area contributed by atoms with E-state index in [9.17, 15) is 0 Å². The Morgan fingerprint density at radius 3 is 2.73 bits per heavy atom. The summed E-state index contributed by atoms with van der Waals surface area (Å²) in [6.07, 6.45) is 0.772. The molecule has 0 saturated carbocycles. The molecule has 0 unspecified atom stereocenters. The van der Waals surface area contributed by atoms with Crippen LogP contribution in [-0.2, 0) is 13.0 Å². The van der Waals surface area contributed by atoms with E-state index in [1.54, 1.807) is 6.07 Å². The van der Waals surface area contributed by atoms with Crippen molar-refractivity contribution in [1.29, 1.82) is 0 Å². The maximum Gasteiger partial charge on any atom is 0.0853 e. The van der Waals surface area contributed by atoms with Gasteiger partial charge in [0.05, 0.1) is 12.3 Å². The first kappa shape index (κ1) is 8.17. The van der Waals surface area contributed by atoms with E-state index < -0.39 is 0 Å². The molecule has 3 nitrogen and oxygen atoms in total. The van der Waals surface area contributed by atoms with Crippen LogP contribution in [0.5, 0.6) is 0 Å². The second-order valence-corrected chi connectivity index (χ2v) is 2.32. The molecule has 60 valence electrons. The number of aliphatic hydroxyl groups is 1. The van der Waals surface area contributed by atoms with Gasteiger partial charge in [0, 0.05) is 12.1 Å². The van der Waals surface area contributed by atoms with E-state index in [0.717, 1.165) is 12.1 Å². The molecular formula is C8H12N2O. The largest absolute Gasteiger partial charge is 0.390 e. The molecule has 1 heterocycles. The summed E-state index contributed by atoms with van der Waals surface area (Å²) in [6, 6.07) is 5.58. The van der Waals surface area contributed by atoms with Gasteiger partial charge in [0.25, 0.3) is 0 Å². The fraction of sp³-hybridized carbons (Fsp3) is 0.375. The fourth-order valence-corrected chi connectivity index (χ4v) is 0.904. The van der Waals surface area contributed by atoms with Crippen LogP contribution in [0.4, 0.5) is 0 Å². The van der Waals surface area contributed by atoms with Gasteiger partial charge in [-0.25, -0.2) is 0 Å². The monoisotopic (exact) mass is 152 g/mol. The molecule has 0 saturated heterocycles. The van der Waals surface area contributed by atoms with Crippen molar-refractivity contribution >= 4 is 0 Å². The number of pyridine rings is 1. The molecule has 1 aromatic heterocycles. The zero-order valence-electron chi connectivity index (χ0n) is 6.33. The van der Waals surface area contributed by atoms with E-state index in [0.29, 0.717) is 12.2 Å². The molecule has 0 radical (unpaired) electrons. The van der Waals surface area contributed by atoms with Crippen LogP contribution in [-0.4, -0.2) is 16.6 Å². The minimum absolute atomic E-state index is 0.00158. The third-order valence-electron chi connectivity index (χ3n) is 1.43. The number of rotatable bonds is 3. The molecule has 0 spiro atoms. The summed E-state index contributed by atoms with van der Waals surface area (Å²) in [5, 5.41) is 8.74. The lowest BCUT2D eigenvalue weighted by atomic mass is 10.2. The van der Waals surface area contributed by atoms with Crippen molar-refractivity contribution in [1.82, 2.24) is 4.98 Å². The molecule has 0 bridgehead atoms. The minimum Gasteiger partial charge on any atom is -0.390 e. The Bertz CT molecular complexity index is 225. The number of hydrogen-bond acceptors (Lipinski definition) is 3. The Balaban J connectivity index is 2.74. The molecule has 1 aromatic rings. The highest BCUT2D eigenvalue weighted by molar-refractivity contribution is 5.10. The molecule has 3 heteroatoms. The van der Waals surface area contributed by atoms with Crippen molar-refractivity contribution in [3.63, 3.8) is 0 Å². The molecule has 3 N–H and O–H groups in total. The van der Waals surface area contributed by atoms with Gasteiger partial charge in [-0.05, 0) is 18.7 Å². The van der Waals surface area contributed by atoms with Gasteiger partial charge in [-0.3, -0.25) is 4.98 Å². The van der Waals surface area contributed by atoms with Gasteiger partial charge in [0.15, 0.2) is 0 Å². The van der Waals surface area contributed by atoms with E-state index in [4.69, 9.17) is 10.8 Å². The van der Waals surface area contributed by atoms with Crippen LogP contribution in [0.25, 0.3) is 0 Å². The standard InChI is InChI=1S/C8H12N2O/c9-5-4-7-2-1-3-8(6-11)10-7/h1-3,11H,4-6,9H2. The Morgan fingerprint density at radius 2 is 2.09 bits per heavy atom. The maximum absolute atomic E-state index is 8.74. The van der Waals surface area contributed by atoms with E-state index in [1.807, 2.05) is 12.1 Å². The van der Waals surface area contributed by atoms with Crippen molar-refractivity contribution < 1.29 is 5.11 Å². The molecule has 0 aliphatic carbocycles. The predicted molar refractivity (Wildman–Crippen MR) is 42.9 cm³/mol. The van der Waals surface area contributed by atoms with Crippen LogP contribution in [0, 0.1) is 0 Å². The SMILES string of the molecule is NCCc1cccc(CO)n1. The first-order chi connectivity index (χ1) is 5.36. The van der Waals surface area contributed by atoms with Crippen molar-refractivity contribution in [2.24, 2.45) is 5.73 Å². The van der Waals surface area contributed by atoms with Crippen molar-refractivity contribution in [2.75, 3.05) is 6.54 Å². The quantitative estimate of drug-likeness (QED) is 0.644. The molecule has 11 heavy (non-hydrogen) atoms. The summed E-state index contributed by atoms with van der Waals surface area (Å²) >= 11 is 0. The number of aromatic nitrogens is 1. The van der Waals surface area contributed by atoms with E-state index in [1.165, 1.54) is 0 Å². The van der Waals surface area contributed by atoms with Crippen molar-refractivity contribution in [3.05, 3.63) is 29.6 Å². The second-order valence-electron chi connectivity index (χ2n) is 2.32. The van der Waals surface area contributed by atoms with Gasteiger partial charge >= 0.3 is 0 Å². The molecule has 0 aliphatic rings. The van der Waals surface area contributed by atoms with E-state index in [2.05, 4.69) is 4.98 Å². The van der Waals surface area contributed by atoms with E-state index >= 15 is 0 Å². The van der Waals surface area contributed by atoms with E-state index in [-0.39, 0.29) is 6.61 Å². The smallest absolute Gasteiger partial charge is 0.0853 e. The third-order valence-corrected chi connectivity index (χ3v) is 1.43. The minimum atomic E-state index is -0.00158. The zero-order valence-corrected chi connectivity index (χ0v) is 6.33. The molecule has 0 aromatic carbocycles. The Labute approximate surface area is 65.9 Å². The normalized spacial score (nSPS) is 10.0. The lowest BCUT2D eigenvalue weighted by molar-refractivity contribution is 0.276. The predicted octanol–water partition coefficient (Wildman–Crippen LogP) is 0.0751. The third kappa shape index (κ3) is 2.29. The van der Waals surface area contributed by atoms with Crippen molar-refractivity contribution in [2.45, 2.75) is 13.0 Å². The van der Waals surface area contributed by atoms with Crippen LogP contribution < -0.4 is 5.73 Å². The van der Waals surface area contributed by atoms with Crippen LogP contribution in [0.2, 0.25) is 0 Å². The zero-order chi connectivity index (χ0) is 8.10. The number of nitrogens with two attached hydrogens (primary N) is 1. The number of nitrogens with zero attached hydrogens (tertiary/aromatic N) is 1. The highest BCUT2D eigenvalue weighted by Gasteiger charge is 1.94. The molecule has 0 aliphatic heterocycles. The molecule has 0 fully saturated rings. The van der Waals surface area contributed by atoms with Gasteiger partial charge in [0.1, 0.15) is 0 Å². The maximum atomic E-state index is 8.74. The van der Waals surface area contributed by atoms with Gasteiger partial charge < -0.3 is 10.8 Å². The average Bonchev–Trinajstić information content (AvgIpc) is 2.06. The van der Waals surface area contributed by atoms with Gasteiger partial charge in [-0.15, -0.1) is 0 Å². The van der Waals surface area contributed by atoms with Crippen LogP contribution in [0.15, 0.2) is 18.2 Å². The average molecular weight is 152 g/mol. The van der Waals surface area contributed by atoms with Gasteiger partial charge in [-0.2, -0.15) is 0 Å². The summed E-state index contributed by atoms with van der Waals surface area (Å²) in [5.74, 6) is 0. The molecular weight excluding hydrogens is 140 g/mol. The lowest BCUT2D eigenvalue weighted by Crippen LogP contribution is -2.05. The summed E-state index contributed by atoms with van der Waals surface area (Å²) in [4.78, 5) is 4.15. The molecule has 1 rings (SSSR count). The second kappa shape index (κ2) is 4.05. The first-order valence-electron chi connectivity index (χ1n) is 3.62. The Morgan fingerprint density at radius 1 is 1.36 bits per heavy atom.